The lowest BCUT2D eigenvalue weighted by molar-refractivity contribution is -0.129. The van der Waals surface area contributed by atoms with Crippen LogP contribution in [0.25, 0.3) is 0 Å². The Labute approximate surface area is 190 Å². The van der Waals surface area contributed by atoms with Crippen molar-refractivity contribution in [2.24, 2.45) is 10.7 Å². The summed E-state index contributed by atoms with van der Waals surface area (Å²) in [4.78, 5) is 30.6. The summed E-state index contributed by atoms with van der Waals surface area (Å²) in [5.41, 5.74) is 6.89. The maximum Gasteiger partial charge on any atom is 0.231 e. The van der Waals surface area contributed by atoms with E-state index in [-0.39, 0.29) is 18.1 Å². The van der Waals surface area contributed by atoms with Gasteiger partial charge in [0, 0.05) is 13.0 Å². The predicted molar refractivity (Wildman–Crippen MR) is 123 cm³/mol. The molecule has 7 nitrogen and oxygen atoms in total. The van der Waals surface area contributed by atoms with E-state index in [4.69, 9.17) is 15.2 Å². The van der Waals surface area contributed by atoms with E-state index in [1.54, 1.807) is 4.90 Å². The van der Waals surface area contributed by atoms with Crippen LogP contribution in [-0.4, -0.2) is 46.9 Å². The number of carbonyl (C=O) groups is 2. The molecule has 1 aliphatic rings. The number of benzene rings is 2. The van der Waals surface area contributed by atoms with Gasteiger partial charge in [0.1, 0.15) is 5.82 Å². The second-order valence-electron chi connectivity index (χ2n) is 7.03. The van der Waals surface area contributed by atoms with Crippen molar-refractivity contribution in [1.82, 2.24) is 4.90 Å². The summed E-state index contributed by atoms with van der Waals surface area (Å²) in [6, 6.07) is 11.3. The Morgan fingerprint density at radius 3 is 2.50 bits per heavy atom. The average molecular weight is 460 g/mol. The van der Waals surface area contributed by atoms with E-state index in [0.29, 0.717) is 48.5 Å². The van der Waals surface area contributed by atoms with Gasteiger partial charge in [0.2, 0.25) is 11.8 Å². The first-order valence-electron chi connectivity index (χ1n) is 10.4. The maximum atomic E-state index is 13.2. The minimum absolute atomic E-state index is 0.00983. The summed E-state index contributed by atoms with van der Waals surface area (Å²) in [5, 5.41) is -0.319. The number of halogens is 1. The van der Waals surface area contributed by atoms with Crippen molar-refractivity contribution >= 4 is 34.4 Å². The molecule has 0 unspecified atom stereocenters. The Morgan fingerprint density at radius 2 is 1.84 bits per heavy atom. The number of thioether (sulfide) groups is 1. The van der Waals surface area contributed by atoms with Crippen LogP contribution < -0.4 is 15.2 Å². The molecule has 1 fully saturated rings. The van der Waals surface area contributed by atoms with Gasteiger partial charge >= 0.3 is 0 Å². The van der Waals surface area contributed by atoms with Crippen LogP contribution in [0, 0.1) is 5.82 Å². The number of hydrogen-bond acceptors (Lipinski definition) is 6. The van der Waals surface area contributed by atoms with Crippen molar-refractivity contribution in [1.29, 1.82) is 0 Å². The highest BCUT2D eigenvalue weighted by molar-refractivity contribution is 8.15. The van der Waals surface area contributed by atoms with E-state index in [9.17, 15) is 14.0 Å². The fourth-order valence-electron chi connectivity index (χ4n) is 3.19. The zero-order valence-electron chi connectivity index (χ0n) is 18.0. The smallest absolute Gasteiger partial charge is 0.231 e. The molecule has 0 aliphatic carbocycles. The Bertz CT molecular complexity index is 997. The van der Waals surface area contributed by atoms with Crippen LogP contribution in [0.1, 0.15) is 25.8 Å². The van der Waals surface area contributed by atoms with Gasteiger partial charge in [-0.05, 0) is 62.2 Å². The van der Waals surface area contributed by atoms with Crippen molar-refractivity contribution in [3.8, 4) is 11.5 Å². The molecule has 0 radical (unpaired) electrons. The molecule has 2 N–H and O–H groups in total. The van der Waals surface area contributed by atoms with E-state index in [1.807, 2.05) is 32.0 Å². The highest BCUT2D eigenvalue weighted by Gasteiger charge is 2.34. The number of hydrogen-bond donors (Lipinski definition) is 1. The Kier molecular flexibility index (Phi) is 8.10. The first-order valence-corrected chi connectivity index (χ1v) is 11.3. The summed E-state index contributed by atoms with van der Waals surface area (Å²) in [6.45, 7) is 5.21. The van der Waals surface area contributed by atoms with Crippen molar-refractivity contribution in [2.75, 3.05) is 19.8 Å². The summed E-state index contributed by atoms with van der Waals surface area (Å²) in [7, 11) is 0. The Hall–Kier alpha value is -3.07. The summed E-state index contributed by atoms with van der Waals surface area (Å²) in [5.74, 6) is 0.145. The fraction of sp³-hybridized carbons (Fsp3) is 0.348. The number of nitrogens with zero attached hydrogens (tertiary/aromatic N) is 2. The third kappa shape index (κ3) is 6.00. The molecule has 32 heavy (non-hydrogen) atoms. The minimum atomic E-state index is -0.687. The zero-order valence-corrected chi connectivity index (χ0v) is 18.9. The highest BCUT2D eigenvalue weighted by Crippen LogP contribution is 2.31. The van der Waals surface area contributed by atoms with Crippen LogP contribution in [0.4, 0.5) is 10.1 Å². The molecule has 2 amide bonds. The predicted octanol–water partition coefficient (Wildman–Crippen LogP) is 3.67. The second kappa shape index (κ2) is 11.0. The van der Waals surface area contributed by atoms with Crippen LogP contribution in [0.2, 0.25) is 0 Å². The van der Waals surface area contributed by atoms with Crippen molar-refractivity contribution in [3.63, 3.8) is 0 Å². The topological polar surface area (TPSA) is 94.2 Å². The summed E-state index contributed by atoms with van der Waals surface area (Å²) < 4.78 is 24.5. The van der Waals surface area contributed by atoms with Gasteiger partial charge in [-0.15, -0.1) is 0 Å². The van der Waals surface area contributed by atoms with Gasteiger partial charge in [-0.25, -0.2) is 9.38 Å². The molecule has 2 aromatic rings. The van der Waals surface area contributed by atoms with Crippen molar-refractivity contribution in [2.45, 2.75) is 31.9 Å². The van der Waals surface area contributed by atoms with E-state index in [2.05, 4.69) is 4.99 Å². The van der Waals surface area contributed by atoms with Gasteiger partial charge in [0.25, 0.3) is 0 Å². The third-order valence-electron chi connectivity index (χ3n) is 4.74. The van der Waals surface area contributed by atoms with Crippen LogP contribution in [-0.2, 0) is 16.0 Å². The molecule has 9 heteroatoms. The van der Waals surface area contributed by atoms with E-state index in [0.717, 1.165) is 17.3 Å². The number of aliphatic imine (C=N–C) groups is 1. The lowest BCUT2D eigenvalue weighted by atomic mass is 10.1. The van der Waals surface area contributed by atoms with Crippen molar-refractivity contribution in [3.05, 3.63) is 53.8 Å². The monoisotopic (exact) mass is 459 g/mol. The Morgan fingerprint density at radius 1 is 1.16 bits per heavy atom. The van der Waals surface area contributed by atoms with Gasteiger partial charge in [-0.1, -0.05) is 17.8 Å². The third-order valence-corrected chi connectivity index (χ3v) is 5.95. The zero-order chi connectivity index (χ0) is 23.1. The largest absolute Gasteiger partial charge is 0.490 e. The molecule has 0 saturated carbocycles. The quantitative estimate of drug-likeness (QED) is 0.617. The second-order valence-corrected chi connectivity index (χ2v) is 8.20. The van der Waals surface area contributed by atoms with Crippen LogP contribution in [0.5, 0.6) is 11.5 Å². The molecule has 0 spiro atoms. The number of primary amides is 1. The average Bonchev–Trinajstić information content (AvgIpc) is 2.76. The summed E-state index contributed by atoms with van der Waals surface area (Å²) >= 11 is 1.15. The summed E-state index contributed by atoms with van der Waals surface area (Å²) in [6.07, 6.45) is 0.554. The van der Waals surface area contributed by atoms with Crippen molar-refractivity contribution < 1.29 is 23.5 Å². The number of rotatable bonds is 9. The lowest BCUT2D eigenvalue weighted by Crippen LogP contribution is -2.46. The maximum absolute atomic E-state index is 13.2. The molecule has 2 aromatic carbocycles. The molecular weight excluding hydrogens is 433 g/mol. The molecule has 0 aromatic heterocycles. The molecule has 1 atom stereocenters. The molecule has 0 bridgehead atoms. The molecule has 3 rings (SSSR count). The first kappa shape index (κ1) is 23.6. The van der Waals surface area contributed by atoms with Gasteiger partial charge in [-0.3, -0.25) is 14.5 Å². The SMILES string of the molecule is CCOc1ccc(CCN2C(=O)C[C@@H](C(N)=O)SC2=Nc2ccc(F)cc2)cc1OCC. The van der Waals surface area contributed by atoms with Gasteiger partial charge in [0.15, 0.2) is 16.7 Å². The first-order chi connectivity index (χ1) is 15.4. The number of nitrogens with two attached hydrogens (primary N) is 1. The Balaban J connectivity index is 1.82. The van der Waals surface area contributed by atoms with Gasteiger partial charge in [0.05, 0.1) is 24.2 Å². The normalized spacial score (nSPS) is 17.5. The fourth-order valence-corrected chi connectivity index (χ4v) is 4.27. The molecular formula is C23H26FN3O4S. The van der Waals surface area contributed by atoms with Crippen LogP contribution >= 0.6 is 11.8 Å². The van der Waals surface area contributed by atoms with Gasteiger partial charge in [-0.2, -0.15) is 0 Å². The highest BCUT2D eigenvalue weighted by atomic mass is 32.2. The van der Waals surface area contributed by atoms with E-state index < -0.39 is 11.2 Å². The van der Waals surface area contributed by atoms with Gasteiger partial charge < -0.3 is 15.2 Å². The lowest BCUT2D eigenvalue weighted by Gasteiger charge is -2.31. The number of amides is 2. The van der Waals surface area contributed by atoms with Crippen LogP contribution in [0.15, 0.2) is 47.5 Å². The minimum Gasteiger partial charge on any atom is -0.490 e. The molecule has 170 valence electrons. The van der Waals surface area contributed by atoms with E-state index >= 15 is 0 Å². The molecule has 1 aliphatic heterocycles. The number of carbonyl (C=O) groups excluding carboxylic acids is 2. The molecule has 1 heterocycles. The van der Waals surface area contributed by atoms with Crippen LogP contribution in [0.3, 0.4) is 0 Å². The van der Waals surface area contributed by atoms with E-state index in [1.165, 1.54) is 24.3 Å². The number of amidine groups is 1. The standard InChI is InChI=1S/C23H26FN3O4S/c1-3-30-18-10-5-15(13-19(18)31-4-2)11-12-27-21(28)14-20(22(25)29)32-23(27)26-17-8-6-16(24)7-9-17/h5-10,13,20H,3-4,11-12,14H2,1-2H3,(H2,25,29)/t20-/m0/s1. The number of ether oxygens (including phenoxy) is 2. The molecule has 1 saturated heterocycles.